The first-order valence-corrected chi connectivity index (χ1v) is 19.3. The fraction of sp³-hybridized carbons (Fsp3) is 0.0545. The van der Waals surface area contributed by atoms with Crippen LogP contribution >= 0.6 is 0 Å². The zero-order valence-electron chi connectivity index (χ0n) is 31.0. The first-order chi connectivity index (χ1) is 27.0. The largest absolute Gasteiger partial charge is 0.0622 e. The van der Waals surface area contributed by atoms with E-state index in [0.29, 0.717) is 0 Å². The molecule has 0 radical (unpaired) electrons. The molecule has 0 heterocycles. The third-order valence-corrected chi connectivity index (χ3v) is 12.2. The fourth-order valence-electron chi connectivity index (χ4n) is 9.58. The molecule has 55 heavy (non-hydrogen) atoms. The lowest BCUT2D eigenvalue weighted by atomic mass is 9.80. The molecule has 0 bridgehead atoms. The van der Waals surface area contributed by atoms with Crippen molar-refractivity contribution in [3.8, 4) is 55.6 Å². The predicted molar refractivity (Wildman–Crippen MR) is 236 cm³/mol. The van der Waals surface area contributed by atoms with Crippen molar-refractivity contribution >= 4 is 43.1 Å². The second-order valence-electron chi connectivity index (χ2n) is 15.6. The second-order valence-corrected chi connectivity index (χ2v) is 15.6. The Morgan fingerprint density at radius 2 is 0.855 bits per heavy atom. The summed E-state index contributed by atoms with van der Waals surface area (Å²) in [6.45, 7) is 4.72. The number of hydrogen-bond acceptors (Lipinski definition) is 0. The van der Waals surface area contributed by atoms with Crippen LogP contribution in [0.15, 0.2) is 194 Å². The van der Waals surface area contributed by atoms with Crippen molar-refractivity contribution in [2.75, 3.05) is 0 Å². The summed E-state index contributed by atoms with van der Waals surface area (Å²) in [4.78, 5) is 0. The van der Waals surface area contributed by atoms with Crippen LogP contribution in [-0.2, 0) is 5.41 Å². The van der Waals surface area contributed by atoms with Gasteiger partial charge in [0.25, 0.3) is 0 Å². The van der Waals surface area contributed by atoms with Crippen LogP contribution < -0.4 is 0 Å². The first-order valence-electron chi connectivity index (χ1n) is 19.3. The molecule has 10 aromatic carbocycles. The van der Waals surface area contributed by atoms with Crippen molar-refractivity contribution in [2.45, 2.75) is 19.3 Å². The van der Waals surface area contributed by atoms with Crippen molar-refractivity contribution in [3.63, 3.8) is 0 Å². The normalized spacial score (nSPS) is 13.1. The number of fused-ring (bicyclic) bond motifs is 7. The lowest BCUT2D eigenvalue weighted by Crippen LogP contribution is -2.14. The van der Waals surface area contributed by atoms with E-state index < -0.39 is 0 Å². The van der Waals surface area contributed by atoms with E-state index in [0.717, 1.165) is 0 Å². The van der Waals surface area contributed by atoms with Gasteiger partial charge in [-0.3, -0.25) is 0 Å². The zero-order chi connectivity index (χ0) is 36.7. The van der Waals surface area contributed by atoms with Gasteiger partial charge in [0, 0.05) is 5.41 Å². The van der Waals surface area contributed by atoms with Gasteiger partial charge in [0.1, 0.15) is 0 Å². The molecule has 0 saturated heterocycles. The van der Waals surface area contributed by atoms with Crippen LogP contribution in [0, 0.1) is 0 Å². The van der Waals surface area contributed by atoms with E-state index in [-0.39, 0.29) is 5.41 Å². The summed E-state index contributed by atoms with van der Waals surface area (Å²) in [5.74, 6) is 0. The Morgan fingerprint density at radius 1 is 0.273 bits per heavy atom. The van der Waals surface area contributed by atoms with Crippen molar-refractivity contribution in [1.82, 2.24) is 0 Å². The molecule has 0 aromatic heterocycles. The lowest BCUT2D eigenvalue weighted by molar-refractivity contribution is 0.660. The molecule has 0 heteroatoms. The quantitative estimate of drug-likeness (QED) is 0.161. The predicted octanol–water partition coefficient (Wildman–Crippen LogP) is 15.3. The summed E-state index contributed by atoms with van der Waals surface area (Å²) in [6, 6.07) is 72.4. The van der Waals surface area contributed by atoms with E-state index in [1.807, 2.05) is 0 Å². The van der Waals surface area contributed by atoms with Crippen LogP contribution in [0.25, 0.3) is 98.7 Å². The minimum atomic E-state index is -0.0517. The molecule has 0 unspecified atom stereocenters. The van der Waals surface area contributed by atoms with Gasteiger partial charge < -0.3 is 0 Å². The fourth-order valence-corrected chi connectivity index (χ4v) is 9.58. The van der Waals surface area contributed by atoms with E-state index in [1.165, 1.54) is 110 Å². The molecule has 0 amide bonds. The van der Waals surface area contributed by atoms with Gasteiger partial charge in [-0.25, -0.2) is 0 Å². The highest BCUT2D eigenvalue weighted by Crippen LogP contribution is 2.52. The van der Waals surface area contributed by atoms with Crippen molar-refractivity contribution in [3.05, 3.63) is 205 Å². The molecule has 0 N–H and O–H groups in total. The first kappa shape index (κ1) is 31.7. The van der Waals surface area contributed by atoms with E-state index in [4.69, 9.17) is 0 Å². The third kappa shape index (κ3) is 4.85. The van der Waals surface area contributed by atoms with Crippen molar-refractivity contribution in [2.24, 2.45) is 0 Å². The molecular formula is C55H38. The van der Waals surface area contributed by atoms with Crippen LogP contribution in [0.3, 0.4) is 0 Å². The molecule has 10 aromatic rings. The van der Waals surface area contributed by atoms with Gasteiger partial charge in [-0.15, -0.1) is 0 Å². The summed E-state index contributed by atoms with van der Waals surface area (Å²) in [5.41, 5.74) is 15.4. The molecule has 0 fully saturated rings. The van der Waals surface area contributed by atoms with E-state index in [2.05, 4.69) is 208 Å². The summed E-state index contributed by atoms with van der Waals surface area (Å²) < 4.78 is 0. The molecule has 1 aliphatic rings. The average Bonchev–Trinajstić information content (AvgIpc) is 3.47. The Bertz CT molecular complexity index is 3160. The van der Waals surface area contributed by atoms with Crippen LogP contribution in [0.5, 0.6) is 0 Å². The minimum absolute atomic E-state index is 0.0517. The van der Waals surface area contributed by atoms with E-state index in [1.54, 1.807) is 0 Å². The zero-order valence-corrected chi connectivity index (χ0v) is 31.0. The maximum Gasteiger partial charge on any atom is 0.0158 e. The van der Waals surface area contributed by atoms with Crippen molar-refractivity contribution < 1.29 is 0 Å². The van der Waals surface area contributed by atoms with Crippen molar-refractivity contribution in [1.29, 1.82) is 0 Å². The Balaban J connectivity index is 1.28. The average molecular weight is 699 g/mol. The van der Waals surface area contributed by atoms with E-state index >= 15 is 0 Å². The molecule has 11 rings (SSSR count). The maximum atomic E-state index is 2.47. The van der Waals surface area contributed by atoms with Gasteiger partial charge in [-0.2, -0.15) is 0 Å². The molecule has 0 saturated carbocycles. The van der Waals surface area contributed by atoms with E-state index in [9.17, 15) is 0 Å². The van der Waals surface area contributed by atoms with Gasteiger partial charge in [-0.05, 0) is 128 Å². The molecule has 258 valence electrons. The standard InChI is InChI=1S/C55H38/c1-55(2)50-23-13-12-20-44(50)48-34-41(28-31-51(48)55)52-45-21-10-11-22-46(45)54(53-42-19-9-8-17-37(42)26-29-43(53)36-15-4-3-5-16-36)47-30-27-40(33-49(47)52)39-25-24-35-14-6-7-18-38(35)32-39/h3-34H,1-2H3. The number of benzene rings is 10. The highest BCUT2D eigenvalue weighted by Gasteiger charge is 2.35. The third-order valence-electron chi connectivity index (χ3n) is 12.2. The summed E-state index contributed by atoms with van der Waals surface area (Å²) in [7, 11) is 0. The molecule has 0 nitrogen and oxygen atoms in total. The number of hydrogen-bond donors (Lipinski definition) is 0. The van der Waals surface area contributed by atoms with Gasteiger partial charge in [0.15, 0.2) is 0 Å². The van der Waals surface area contributed by atoms with Crippen LogP contribution in [0.1, 0.15) is 25.0 Å². The van der Waals surface area contributed by atoms with Gasteiger partial charge in [0.05, 0.1) is 0 Å². The Morgan fingerprint density at radius 3 is 1.69 bits per heavy atom. The summed E-state index contributed by atoms with van der Waals surface area (Å²) in [5, 5.41) is 10.1. The van der Waals surface area contributed by atoms with Gasteiger partial charge >= 0.3 is 0 Å². The SMILES string of the molecule is CC1(C)c2ccccc2-c2cc(-c3c4ccccc4c(-c4c(-c5ccccc5)ccc5ccccc45)c4ccc(-c5ccc6ccccc6c5)cc34)ccc21. The summed E-state index contributed by atoms with van der Waals surface area (Å²) >= 11 is 0. The number of rotatable bonds is 4. The molecule has 0 aliphatic heterocycles. The molecule has 1 aliphatic carbocycles. The van der Waals surface area contributed by atoms with Crippen LogP contribution in [0.2, 0.25) is 0 Å². The smallest absolute Gasteiger partial charge is 0.0158 e. The van der Waals surface area contributed by atoms with Gasteiger partial charge in [0.2, 0.25) is 0 Å². The van der Waals surface area contributed by atoms with Crippen LogP contribution in [-0.4, -0.2) is 0 Å². The summed E-state index contributed by atoms with van der Waals surface area (Å²) in [6.07, 6.45) is 0. The molecule has 0 atom stereocenters. The maximum absolute atomic E-state index is 2.47. The van der Waals surface area contributed by atoms with Gasteiger partial charge in [-0.1, -0.05) is 190 Å². The minimum Gasteiger partial charge on any atom is -0.0622 e. The molecule has 0 spiro atoms. The second kappa shape index (κ2) is 12.1. The monoisotopic (exact) mass is 698 g/mol. The highest BCUT2D eigenvalue weighted by molar-refractivity contribution is 6.25. The van der Waals surface area contributed by atoms with Crippen LogP contribution in [0.4, 0.5) is 0 Å². The Hall–Kier alpha value is -6.76. The molecular weight excluding hydrogens is 661 g/mol. The topological polar surface area (TPSA) is 0 Å². The Labute approximate surface area is 322 Å². The highest BCUT2D eigenvalue weighted by atomic mass is 14.4. The lowest BCUT2D eigenvalue weighted by Gasteiger charge is -2.23. The Kier molecular flexibility index (Phi) is 7.00.